The summed E-state index contributed by atoms with van der Waals surface area (Å²) in [5.74, 6) is 1.67. The van der Waals surface area contributed by atoms with Crippen LogP contribution in [0.25, 0.3) is 10.9 Å². The van der Waals surface area contributed by atoms with E-state index in [9.17, 15) is 9.59 Å². The molecule has 0 radical (unpaired) electrons. The normalized spacial score (nSPS) is 16.5. The first kappa shape index (κ1) is 20.5. The lowest BCUT2D eigenvalue weighted by Crippen LogP contribution is -2.48. The second kappa shape index (κ2) is 8.65. The summed E-state index contributed by atoms with van der Waals surface area (Å²) in [5, 5.41) is 0.593. The Balaban J connectivity index is 1.34. The van der Waals surface area contributed by atoms with Gasteiger partial charge in [-0.1, -0.05) is 12.5 Å². The van der Waals surface area contributed by atoms with Crippen LogP contribution in [0.3, 0.4) is 0 Å². The van der Waals surface area contributed by atoms with Crippen molar-refractivity contribution in [1.29, 1.82) is 0 Å². The number of benzene rings is 2. The number of anilines is 1. The number of ether oxygens (including phenoxy) is 1. The van der Waals surface area contributed by atoms with Gasteiger partial charge in [-0.15, -0.1) is 0 Å². The van der Waals surface area contributed by atoms with Crippen LogP contribution in [0.15, 0.2) is 47.3 Å². The molecular formula is C25H28N4O3. The fourth-order valence-electron chi connectivity index (χ4n) is 4.71. The molecule has 5 rings (SSSR count). The van der Waals surface area contributed by atoms with Crippen LogP contribution in [0.2, 0.25) is 0 Å². The van der Waals surface area contributed by atoms with Crippen LogP contribution >= 0.6 is 0 Å². The van der Waals surface area contributed by atoms with Crippen LogP contribution in [0.1, 0.15) is 35.4 Å². The summed E-state index contributed by atoms with van der Waals surface area (Å²) >= 11 is 0. The van der Waals surface area contributed by atoms with E-state index in [0.29, 0.717) is 29.6 Å². The Labute approximate surface area is 187 Å². The predicted octanol–water partition coefficient (Wildman–Crippen LogP) is 3.09. The second-order valence-electron chi connectivity index (χ2n) is 8.51. The zero-order valence-corrected chi connectivity index (χ0v) is 18.4. The van der Waals surface area contributed by atoms with Crippen LogP contribution < -0.4 is 15.2 Å². The Morgan fingerprint density at radius 1 is 0.969 bits per heavy atom. The SMILES string of the molecule is COc1cccc(N2CCN(C(=O)c3ccc4c(=O)n5c(nc4c3)CCCCC5)CC2)c1. The highest BCUT2D eigenvalue weighted by molar-refractivity contribution is 5.97. The van der Waals surface area contributed by atoms with Crippen molar-refractivity contribution in [3.63, 3.8) is 0 Å². The number of amides is 1. The number of carbonyl (C=O) groups excluding carboxylic acids is 1. The number of hydrogen-bond acceptors (Lipinski definition) is 5. The molecule has 0 spiro atoms. The Morgan fingerprint density at radius 2 is 1.81 bits per heavy atom. The molecule has 3 aromatic rings. The second-order valence-corrected chi connectivity index (χ2v) is 8.51. The molecule has 1 saturated heterocycles. The standard InChI is InChI=1S/C25H28N4O3/c1-32-20-7-5-6-19(17-20)27-12-14-28(15-13-27)24(30)18-9-10-21-22(16-18)26-23-8-3-2-4-11-29(23)25(21)31/h5-7,9-10,16-17H,2-4,8,11-15H2,1H3. The van der Waals surface area contributed by atoms with Gasteiger partial charge in [-0.2, -0.15) is 0 Å². The lowest BCUT2D eigenvalue weighted by atomic mass is 10.1. The summed E-state index contributed by atoms with van der Waals surface area (Å²) in [7, 11) is 1.67. The molecule has 1 fully saturated rings. The monoisotopic (exact) mass is 432 g/mol. The minimum Gasteiger partial charge on any atom is -0.497 e. The van der Waals surface area contributed by atoms with Gasteiger partial charge in [0.2, 0.25) is 0 Å². The van der Waals surface area contributed by atoms with Gasteiger partial charge in [0.1, 0.15) is 11.6 Å². The summed E-state index contributed by atoms with van der Waals surface area (Å²) in [6.07, 6.45) is 3.99. The first-order valence-corrected chi connectivity index (χ1v) is 11.4. The number of rotatable bonds is 3. The molecule has 2 aliphatic rings. The third kappa shape index (κ3) is 3.83. The van der Waals surface area contributed by atoms with Crippen molar-refractivity contribution in [2.45, 2.75) is 32.2 Å². The molecule has 0 bridgehead atoms. The van der Waals surface area contributed by atoms with E-state index in [0.717, 1.165) is 62.6 Å². The van der Waals surface area contributed by atoms with E-state index >= 15 is 0 Å². The Morgan fingerprint density at radius 3 is 2.62 bits per heavy atom. The smallest absolute Gasteiger partial charge is 0.261 e. The maximum Gasteiger partial charge on any atom is 0.261 e. The van der Waals surface area contributed by atoms with Gasteiger partial charge in [-0.25, -0.2) is 4.98 Å². The van der Waals surface area contributed by atoms with Gasteiger partial charge in [0.15, 0.2) is 0 Å². The molecule has 3 heterocycles. The molecule has 0 unspecified atom stereocenters. The van der Waals surface area contributed by atoms with Crippen molar-refractivity contribution >= 4 is 22.5 Å². The van der Waals surface area contributed by atoms with Crippen LogP contribution in [0, 0.1) is 0 Å². The molecule has 0 saturated carbocycles. The van der Waals surface area contributed by atoms with Crippen LogP contribution in [-0.4, -0.2) is 53.6 Å². The maximum atomic E-state index is 13.2. The Kier molecular flexibility index (Phi) is 5.55. The van der Waals surface area contributed by atoms with Crippen LogP contribution in [0.4, 0.5) is 5.69 Å². The molecule has 32 heavy (non-hydrogen) atoms. The lowest BCUT2D eigenvalue weighted by molar-refractivity contribution is 0.0747. The number of aryl methyl sites for hydroxylation is 1. The number of piperazine rings is 1. The number of carbonyl (C=O) groups is 1. The molecule has 1 amide bonds. The first-order chi connectivity index (χ1) is 15.6. The summed E-state index contributed by atoms with van der Waals surface area (Å²) in [5.41, 5.74) is 2.34. The minimum atomic E-state index is -0.00552. The number of hydrogen-bond donors (Lipinski definition) is 0. The molecular weight excluding hydrogens is 404 g/mol. The highest BCUT2D eigenvalue weighted by Gasteiger charge is 2.23. The topological polar surface area (TPSA) is 67.7 Å². The van der Waals surface area contributed by atoms with Gasteiger partial charge in [-0.3, -0.25) is 14.2 Å². The fraction of sp³-hybridized carbons (Fsp3) is 0.400. The van der Waals surface area contributed by atoms with Crippen molar-refractivity contribution in [3.05, 3.63) is 64.2 Å². The number of nitrogens with zero attached hydrogens (tertiary/aromatic N) is 4. The van der Waals surface area contributed by atoms with Crippen molar-refractivity contribution in [2.24, 2.45) is 0 Å². The van der Waals surface area contributed by atoms with Gasteiger partial charge < -0.3 is 14.5 Å². The maximum absolute atomic E-state index is 13.2. The number of fused-ring (bicyclic) bond motifs is 2. The van der Waals surface area contributed by atoms with Crippen molar-refractivity contribution < 1.29 is 9.53 Å². The summed E-state index contributed by atoms with van der Waals surface area (Å²) in [6.45, 7) is 3.55. The van der Waals surface area contributed by atoms with Crippen LogP contribution in [0.5, 0.6) is 5.75 Å². The summed E-state index contributed by atoms with van der Waals surface area (Å²) < 4.78 is 7.14. The zero-order valence-electron chi connectivity index (χ0n) is 18.4. The molecule has 1 aromatic heterocycles. The quantitative estimate of drug-likeness (QED) is 0.636. The lowest BCUT2D eigenvalue weighted by Gasteiger charge is -2.36. The zero-order chi connectivity index (χ0) is 22.1. The van der Waals surface area contributed by atoms with E-state index in [1.807, 2.05) is 27.7 Å². The number of aromatic nitrogens is 2. The van der Waals surface area contributed by atoms with Crippen molar-refractivity contribution in [1.82, 2.24) is 14.5 Å². The molecule has 2 aromatic carbocycles. The molecule has 7 heteroatoms. The highest BCUT2D eigenvalue weighted by Crippen LogP contribution is 2.23. The van der Waals surface area contributed by atoms with E-state index in [1.165, 1.54) is 0 Å². The Hall–Kier alpha value is -3.35. The van der Waals surface area contributed by atoms with Gasteiger partial charge in [0.05, 0.1) is 18.0 Å². The van der Waals surface area contributed by atoms with E-state index in [1.54, 1.807) is 25.3 Å². The third-order valence-corrected chi connectivity index (χ3v) is 6.55. The molecule has 166 valence electrons. The average Bonchev–Trinajstić information content (AvgIpc) is 3.09. The van der Waals surface area contributed by atoms with Crippen LogP contribution in [-0.2, 0) is 13.0 Å². The fourth-order valence-corrected chi connectivity index (χ4v) is 4.71. The van der Waals surface area contributed by atoms with Gasteiger partial charge in [-0.05, 0) is 43.2 Å². The number of methoxy groups -OCH3 is 1. The van der Waals surface area contributed by atoms with E-state index < -0.39 is 0 Å². The van der Waals surface area contributed by atoms with E-state index in [-0.39, 0.29) is 11.5 Å². The first-order valence-electron chi connectivity index (χ1n) is 11.4. The third-order valence-electron chi connectivity index (χ3n) is 6.55. The molecule has 2 aliphatic heterocycles. The molecule has 0 aliphatic carbocycles. The van der Waals surface area contributed by atoms with Gasteiger partial charge in [0, 0.05) is 56.5 Å². The summed E-state index contributed by atoms with van der Waals surface area (Å²) in [6, 6.07) is 13.3. The molecule has 7 nitrogen and oxygen atoms in total. The molecule has 0 atom stereocenters. The summed E-state index contributed by atoms with van der Waals surface area (Å²) in [4.78, 5) is 35.0. The van der Waals surface area contributed by atoms with E-state index in [2.05, 4.69) is 11.0 Å². The average molecular weight is 433 g/mol. The van der Waals surface area contributed by atoms with E-state index in [4.69, 9.17) is 9.72 Å². The Bertz CT molecular complexity index is 1210. The minimum absolute atomic E-state index is 0.00552. The van der Waals surface area contributed by atoms with Gasteiger partial charge in [0.25, 0.3) is 11.5 Å². The molecule has 0 N–H and O–H groups in total. The largest absolute Gasteiger partial charge is 0.497 e. The highest BCUT2D eigenvalue weighted by atomic mass is 16.5. The van der Waals surface area contributed by atoms with Crippen molar-refractivity contribution in [2.75, 3.05) is 38.2 Å². The van der Waals surface area contributed by atoms with Gasteiger partial charge >= 0.3 is 0 Å². The van der Waals surface area contributed by atoms with Crippen molar-refractivity contribution in [3.8, 4) is 5.75 Å². The predicted molar refractivity (Wildman–Crippen MR) is 125 cm³/mol.